The number of nitrogens with two attached hydrogens (primary N) is 2. The largest absolute Gasteiger partial charge is 0.467 e. The number of methoxy groups -OCH3 is 1. The molecule has 0 saturated heterocycles. The molecule has 0 spiro atoms. The van der Waals surface area contributed by atoms with Crippen LogP contribution < -0.4 is 16.2 Å². The Morgan fingerprint density at radius 3 is 2.25 bits per heavy atom. The topological polar surface area (TPSA) is 131 Å². The van der Waals surface area contributed by atoms with Crippen LogP contribution in [0, 0.1) is 23.3 Å². The predicted octanol–water partition coefficient (Wildman–Crippen LogP) is 3.59. The van der Waals surface area contributed by atoms with E-state index >= 15 is 0 Å². The van der Waals surface area contributed by atoms with Crippen LogP contribution in [-0.2, 0) is 6.42 Å². The summed E-state index contributed by atoms with van der Waals surface area (Å²) in [6.45, 7) is 0. The van der Waals surface area contributed by atoms with Crippen LogP contribution in [0.1, 0.15) is 11.3 Å². The highest BCUT2D eigenvalue weighted by Crippen LogP contribution is 2.31. The normalized spacial score (nSPS) is 11.2. The van der Waals surface area contributed by atoms with E-state index in [0.717, 1.165) is 12.1 Å². The molecular formula is C23H16F4N8O. The number of hydrogen-bond acceptors (Lipinski definition) is 8. The second kappa shape index (κ2) is 8.76. The van der Waals surface area contributed by atoms with Gasteiger partial charge in [-0.15, -0.1) is 0 Å². The number of rotatable bonds is 5. The van der Waals surface area contributed by atoms with E-state index in [2.05, 4.69) is 25.0 Å². The molecule has 0 unspecified atom stereocenters. The second-order valence-corrected chi connectivity index (χ2v) is 7.65. The number of aromatic nitrogens is 6. The second-order valence-electron chi connectivity index (χ2n) is 7.65. The minimum atomic E-state index is -1.36. The fourth-order valence-electron chi connectivity index (χ4n) is 3.76. The van der Waals surface area contributed by atoms with Gasteiger partial charge in [0, 0.05) is 35.3 Å². The number of nitrogens with zero attached hydrogens (tertiary/aromatic N) is 6. The van der Waals surface area contributed by atoms with Crippen LogP contribution in [0.5, 0.6) is 6.01 Å². The van der Waals surface area contributed by atoms with E-state index in [1.807, 2.05) is 0 Å². The lowest BCUT2D eigenvalue weighted by molar-refractivity contribution is 0.380. The van der Waals surface area contributed by atoms with Crippen molar-refractivity contribution < 1.29 is 22.3 Å². The van der Waals surface area contributed by atoms with Gasteiger partial charge in [-0.2, -0.15) is 19.7 Å². The SMILES string of the molecule is COc1ncc(-c2c(N)nc(-n3nc(Cc4c(F)ccc(F)c4F)c4cc(F)ccc43)nc2N)cn1. The Labute approximate surface area is 200 Å². The summed E-state index contributed by atoms with van der Waals surface area (Å²) >= 11 is 0. The van der Waals surface area contributed by atoms with Gasteiger partial charge >= 0.3 is 6.01 Å². The zero-order valence-corrected chi connectivity index (χ0v) is 18.5. The highest BCUT2D eigenvalue weighted by molar-refractivity contribution is 5.85. The summed E-state index contributed by atoms with van der Waals surface area (Å²) in [7, 11) is 1.42. The molecule has 0 saturated carbocycles. The standard InChI is InChI=1S/C23H16F4N8O/c1-36-23-30-8-10(9-31-23)18-20(28)32-22(33-21(18)29)35-17-5-2-11(24)6-13(17)16(34-35)7-12-14(25)3-4-15(26)19(12)27/h2-6,8-9H,7H2,1H3,(H4,28,29,32,33). The summed E-state index contributed by atoms with van der Waals surface area (Å²) in [5, 5.41) is 4.55. The first-order valence-electron chi connectivity index (χ1n) is 10.4. The molecule has 0 radical (unpaired) electrons. The van der Waals surface area contributed by atoms with Gasteiger partial charge in [-0.1, -0.05) is 0 Å². The summed E-state index contributed by atoms with van der Waals surface area (Å²) in [4.78, 5) is 16.5. The third-order valence-corrected chi connectivity index (χ3v) is 5.44. The number of nitrogen functional groups attached to an aromatic ring is 2. The van der Waals surface area contributed by atoms with Crippen molar-refractivity contribution in [3.63, 3.8) is 0 Å². The molecule has 0 aliphatic carbocycles. The number of halogens is 4. The van der Waals surface area contributed by atoms with Crippen LogP contribution in [-0.4, -0.2) is 36.8 Å². The fraction of sp³-hybridized carbons (Fsp3) is 0.0870. The van der Waals surface area contributed by atoms with Crippen molar-refractivity contribution in [1.82, 2.24) is 29.7 Å². The zero-order valence-electron chi connectivity index (χ0n) is 18.5. The molecule has 13 heteroatoms. The number of hydrogen-bond donors (Lipinski definition) is 2. The summed E-state index contributed by atoms with van der Waals surface area (Å²) in [6.07, 6.45) is 2.40. The number of ether oxygens (including phenoxy) is 1. The first kappa shape index (κ1) is 23.0. The molecule has 0 amide bonds. The molecule has 36 heavy (non-hydrogen) atoms. The molecule has 0 bridgehead atoms. The van der Waals surface area contributed by atoms with Crippen molar-refractivity contribution in [2.24, 2.45) is 0 Å². The van der Waals surface area contributed by atoms with Gasteiger partial charge in [0.2, 0.25) is 0 Å². The van der Waals surface area contributed by atoms with Gasteiger partial charge in [0.1, 0.15) is 23.3 Å². The first-order valence-corrected chi connectivity index (χ1v) is 10.4. The molecule has 3 heterocycles. The molecule has 5 rings (SSSR count). The van der Waals surface area contributed by atoms with Gasteiger partial charge in [0.15, 0.2) is 11.6 Å². The van der Waals surface area contributed by atoms with Crippen LogP contribution in [0.15, 0.2) is 42.7 Å². The van der Waals surface area contributed by atoms with Gasteiger partial charge in [0.25, 0.3) is 5.95 Å². The van der Waals surface area contributed by atoms with Crippen molar-refractivity contribution in [2.75, 3.05) is 18.6 Å². The highest BCUT2D eigenvalue weighted by atomic mass is 19.2. The molecular weight excluding hydrogens is 480 g/mol. The molecule has 0 fully saturated rings. The lowest BCUT2D eigenvalue weighted by Crippen LogP contribution is -2.10. The van der Waals surface area contributed by atoms with E-state index in [9.17, 15) is 17.6 Å². The molecule has 182 valence electrons. The first-order chi connectivity index (χ1) is 17.3. The number of benzene rings is 2. The maximum atomic E-state index is 14.3. The smallest absolute Gasteiger partial charge is 0.316 e. The van der Waals surface area contributed by atoms with Gasteiger partial charge in [-0.25, -0.2) is 27.5 Å². The quantitative estimate of drug-likeness (QED) is 0.279. The van der Waals surface area contributed by atoms with Gasteiger partial charge in [0.05, 0.1) is 23.9 Å². The predicted molar refractivity (Wildman–Crippen MR) is 122 cm³/mol. The van der Waals surface area contributed by atoms with Crippen molar-refractivity contribution >= 4 is 22.5 Å². The van der Waals surface area contributed by atoms with E-state index in [4.69, 9.17) is 16.2 Å². The minimum absolute atomic E-state index is 0.0270. The summed E-state index contributed by atoms with van der Waals surface area (Å²) in [6, 6.07) is 5.32. The van der Waals surface area contributed by atoms with Crippen LogP contribution in [0.2, 0.25) is 0 Å². The van der Waals surface area contributed by atoms with E-state index in [0.29, 0.717) is 17.1 Å². The molecule has 2 aromatic carbocycles. The van der Waals surface area contributed by atoms with Gasteiger partial charge < -0.3 is 16.2 Å². The molecule has 0 aliphatic rings. The molecule has 0 atom stereocenters. The average Bonchev–Trinajstić information content (AvgIpc) is 3.21. The van der Waals surface area contributed by atoms with Crippen LogP contribution >= 0.6 is 0 Å². The summed E-state index contributed by atoms with van der Waals surface area (Å²) < 4.78 is 62.6. The van der Waals surface area contributed by atoms with Crippen LogP contribution in [0.25, 0.3) is 28.0 Å². The monoisotopic (exact) mass is 496 g/mol. The van der Waals surface area contributed by atoms with Crippen molar-refractivity contribution in [1.29, 1.82) is 0 Å². The zero-order chi connectivity index (χ0) is 25.6. The molecule has 5 aromatic rings. The van der Waals surface area contributed by atoms with E-state index in [-0.39, 0.29) is 40.2 Å². The highest BCUT2D eigenvalue weighted by Gasteiger charge is 2.22. The number of anilines is 2. The minimum Gasteiger partial charge on any atom is -0.467 e. The van der Waals surface area contributed by atoms with Crippen molar-refractivity contribution in [3.05, 3.63) is 77.3 Å². The Hall–Kier alpha value is -4.81. The Balaban J connectivity index is 1.64. The van der Waals surface area contributed by atoms with E-state index in [1.165, 1.54) is 36.3 Å². The summed E-state index contributed by atoms with van der Waals surface area (Å²) in [5.74, 6) is -4.29. The summed E-state index contributed by atoms with van der Waals surface area (Å²) in [5.41, 5.74) is 12.8. The third kappa shape index (κ3) is 3.89. The van der Waals surface area contributed by atoms with Gasteiger partial charge in [-0.05, 0) is 30.3 Å². The van der Waals surface area contributed by atoms with Crippen LogP contribution in [0.4, 0.5) is 29.2 Å². The Bertz CT molecular complexity index is 1600. The molecule has 0 aliphatic heterocycles. The van der Waals surface area contributed by atoms with Crippen molar-refractivity contribution in [2.45, 2.75) is 6.42 Å². The molecule has 9 nitrogen and oxygen atoms in total. The Morgan fingerprint density at radius 2 is 1.58 bits per heavy atom. The molecule has 3 aromatic heterocycles. The van der Waals surface area contributed by atoms with Crippen LogP contribution in [0.3, 0.4) is 0 Å². The van der Waals surface area contributed by atoms with Gasteiger partial charge in [-0.3, -0.25) is 0 Å². The van der Waals surface area contributed by atoms with Crippen molar-refractivity contribution in [3.8, 4) is 23.1 Å². The fourth-order valence-corrected chi connectivity index (χ4v) is 3.76. The Kier molecular flexibility index (Phi) is 5.59. The lowest BCUT2D eigenvalue weighted by Gasteiger charge is -2.10. The number of fused-ring (bicyclic) bond motifs is 1. The lowest BCUT2D eigenvalue weighted by atomic mass is 10.1. The maximum Gasteiger partial charge on any atom is 0.316 e. The van der Waals surface area contributed by atoms with E-state index in [1.54, 1.807) is 0 Å². The molecule has 4 N–H and O–H groups in total. The maximum absolute atomic E-state index is 14.3. The Morgan fingerprint density at radius 1 is 0.917 bits per heavy atom. The third-order valence-electron chi connectivity index (χ3n) is 5.44. The average molecular weight is 496 g/mol. The van der Waals surface area contributed by atoms with E-state index < -0.39 is 35.3 Å².